The number of carbonyl (C=O) groups is 1. The summed E-state index contributed by atoms with van der Waals surface area (Å²) in [5.74, 6) is -0.0917. The van der Waals surface area contributed by atoms with E-state index < -0.39 is 0 Å². The third kappa shape index (κ3) is 7.12. The summed E-state index contributed by atoms with van der Waals surface area (Å²) in [6.45, 7) is 7.73. The topological polar surface area (TPSA) is 32.3 Å². The van der Waals surface area contributed by atoms with Crippen LogP contribution in [0.1, 0.15) is 19.4 Å². The Kier molecular flexibility index (Phi) is 8.90. The Morgan fingerprint density at radius 3 is 2.55 bits per heavy atom. The molecule has 0 heterocycles. The van der Waals surface area contributed by atoms with Crippen molar-refractivity contribution < 1.29 is 4.79 Å². The molecule has 22 heavy (non-hydrogen) atoms. The summed E-state index contributed by atoms with van der Waals surface area (Å²) in [5, 5.41) is 3.90. The molecule has 0 saturated heterocycles. The van der Waals surface area contributed by atoms with Crippen molar-refractivity contribution in [3.8, 4) is 0 Å². The first-order valence-electron chi connectivity index (χ1n) is 7.36. The smallest absolute Gasteiger partial charge is 0.244 e. The predicted molar refractivity (Wildman–Crippen MR) is 95.4 cm³/mol. The van der Waals surface area contributed by atoms with Gasteiger partial charge in [0.25, 0.3) is 0 Å². The highest BCUT2D eigenvalue weighted by Gasteiger charge is 1.99. The second-order valence-electron chi connectivity index (χ2n) is 4.71. The average molecular weight is 341 g/mol. The Labute approximate surface area is 142 Å². The molecule has 0 unspecified atom stereocenters. The molecule has 120 valence electrons. The summed E-state index contributed by atoms with van der Waals surface area (Å²) in [6, 6.07) is 5.38. The van der Waals surface area contributed by atoms with Crippen LogP contribution in [-0.2, 0) is 4.79 Å². The zero-order valence-corrected chi connectivity index (χ0v) is 14.5. The van der Waals surface area contributed by atoms with Crippen molar-refractivity contribution in [1.82, 2.24) is 10.2 Å². The molecule has 1 aromatic carbocycles. The van der Waals surface area contributed by atoms with Crippen molar-refractivity contribution >= 4 is 35.2 Å². The number of carbonyl (C=O) groups excluding carboxylic acids is 1. The first-order valence-corrected chi connectivity index (χ1v) is 8.12. The number of nitrogens with zero attached hydrogens (tertiary/aromatic N) is 1. The number of nitrogens with one attached hydrogen (secondary N) is 1. The number of halogens is 2. The predicted octanol–water partition coefficient (Wildman–Crippen LogP) is 4.02. The normalized spacial score (nSPS) is 11.7. The highest BCUT2D eigenvalue weighted by Crippen LogP contribution is 2.23. The van der Waals surface area contributed by atoms with Crippen molar-refractivity contribution in [1.29, 1.82) is 0 Å². The maximum Gasteiger partial charge on any atom is 0.244 e. The molecule has 0 fully saturated rings. The number of likely N-dealkylation sites (N-methyl/N-ethyl adjacent to an activating group) is 1. The van der Waals surface area contributed by atoms with E-state index in [-0.39, 0.29) is 5.91 Å². The molecule has 0 aliphatic rings. The van der Waals surface area contributed by atoms with Crippen LogP contribution in [-0.4, -0.2) is 37.0 Å². The van der Waals surface area contributed by atoms with Gasteiger partial charge in [0.05, 0.1) is 10.0 Å². The van der Waals surface area contributed by atoms with Crippen molar-refractivity contribution in [2.45, 2.75) is 13.8 Å². The van der Waals surface area contributed by atoms with Gasteiger partial charge in [-0.05, 0) is 30.8 Å². The Morgan fingerprint density at radius 2 is 1.91 bits per heavy atom. The molecular weight excluding hydrogens is 319 g/mol. The minimum absolute atomic E-state index is 0.0917. The van der Waals surface area contributed by atoms with Crippen LogP contribution in [0.5, 0.6) is 0 Å². The van der Waals surface area contributed by atoms with Gasteiger partial charge in [-0.15, -0.1) is 0 Å². The van der Waals surface area contributed by atoms with E-state index in [4.69, 9.17) is 23.2 Å². The molecule has 3 nitrogen and oxygen atoms in total. The zero-order valence-electron chi connectivity index (χ0n) is 13.0. The Morgan fingerprint density at radius 1 is 1.18 bits per heavy atom. The van der Waals surface area contributed by atoms with E-state index in [0.717, 1.165) is 25.2 Å². The van der Waals surface area contributed by atoms with Gasteiger partial charge in [-0.1, -0.05) is 61.3 Å². The maximum absolute atomic E-state index is 11.6. The minimum Gasteiger partial charge on any atom is -0.351 e. The van der Waals surface area contributed by atoms with Crippen LogP contribution < -0.4 is 5.32 Å². The number of allylic oxidation sites excluding steroid dienone is 2. The molecule has 0 radical (unpaired) electrons. The van der Waals surface area contributed by atoms with Crippen LogP contribution in [0.15, 0.2) is 36.4 Å². The standard InChI is InChI=1S/C17H22Cl2N2O/c1-3-21(4-2)12-11-20-17(22)8-6-5-7-14-9-10-15(18)16(19)13-14/h5-10,13H,3-4,11-12H2,1-2H3,(H,20,22). The number of rotatable bonds is 8. The first-order chi connectivity index (χ1) is 10.6. The van der Waals surface area contributed by atoms with Crippen molar-refractivity contribution in [3.63, 3.8) is 0 Å². The summed E-state index contributed by atoms with van der Waals surface area (Å²) in [5.41, 5.74) is 0.931. The van der Waals surface area contributed by atoms with Crippen molar-refractivity contribution in [2.24, 2.45) is 0 Å². The van der Waals surface area contributed by atoms with Crippen LogP contribution in [0, 0.1) is 0 Å². The van der Waals surface area contributed by atoms with Crippen LogP contribution in [0.4, 0.5) is 0 Å². The summed E-state index contributed by atoms with van der Waals surface area (Å²) >= 11 is 11.8. The number of hydrogen-bond acceptors (Lipinski definition) is 2. The lowest BCUT2D eigenvalue weighted by atomic mass is 10.2. The van der Waals surface area contributed by atoms with Crippen molar-refractivity contribution in [3.05, 3.63) is 52.0 Å². The fourth-order valence-electron chi connectivity index (χ4n) is 1.86. The molecule has 0 aliphatic heterocycles. The summed E-state index contributed by atoms with van der Waals surface area (Å²) in [4.78, 5) is 13.9. The molecule has 0 aliphatic carbocycles. The summed E-state index contributed by atoms with van der Waals surface area (Å²) in [7, 11) is 0. The van der Waals surface area contributed by atoms with Gasteiger partial charge in [0, 0.05) is 19.2 Å². The Bertz CT molecular complexity index is 537. The van der Waals surface area contributed by atoms with Gasteiger partial charge in [0.2, 0.25) is 5.91 Å². The zero-order chi connectivity index (χ0) is 16.4. The largest absolute Gasteiger partial charge is 0.351 e. The van der Waals surface area contributed by atoms with E-state index >= 15 is 0 Å². The van der Waals surface area contributed by atoms with Crippen LogP contribution in [0.2, 0.25) is 10.0 Å². The number of hydrogen-bond donors (Lipinski definition) is 1. The molecule has 0 spiro atoms. The molecular formula is C17H22Cl2N2O. The SMILES string of the molecule is CCN(CC)CCNC(=O)C=CC=Cc1ccc(Cl)c(Cl)c1. The highest BCUT2D eigenvalue weighted by molar-refractivity contribution is 6.42. The quantitative estimate of drug-likeness (QED) is 0.572. The van der Waals surface area contributed by atoms with Gasteiger partial charge in [-0.3, -0.25) is 4.79 Å². The lowest BCUT2D eigenvalue weighted by Gasteiger charge is -2.17. The number of amides is 1. The molecule has 1 rings (SSSR count). The third-order valence-electron chi connectivity index (χ3n) is 3.21. The first kappa shape index (κ1) is 18.8. The molecule has 5 heteroatoms. The maximum atomic E-state index is 11.6. The monoisotopic (exact) mass is 340 g/mol. The fraction of sp³-hybridized carbons (Fsp3) is 0.353. The van der Waals surface area contributed by atoms with Crippen LogP contribution >= 0.6 is 23.2 Å². The Balaban J connectivity index is 2.36. The van der Waals surface area contributed by atoms with Crippen LogP contribution in [0.3, 0.4) is 0 Å². The van der Waals surface area contributed by atoms with Crippen LogP contribution in [0.25, 0.3) is 6.08 Å². The van der Waals surface area contributed by atoms with Crippen molar-refractivity contribution in [2.75, 3.05) is 26.2 Å². The van der Waals surface area contributed by atoms with Gasteiger partial charge in [-0.2, -0.15) is 0 Å². The molecule has 0 bridgehead atoms. The lowest BCUT2D eigenvalue weighted by molar-refractivity contribution is -0.116. The molecule has 1 amide bonds. The molecule has 0 atom stereocenters. The second-order valence-corrected chi connectivity index (χ2v) is 5.52. The highest BCUT2D eigenvalue weighted by atomic mass is 35.5. The van der Waals surface area contributed by atoms with Gasteiger partial charge in [-0.25, -0.2) is 0 Å². The van der Waals surface area contributed by atoms with Gasteiger partial charge in [0.1, 0.15) is 0 Å². The minimum atomic E-state index is -0.0917. The third-order valence-corrected chi connectivity index (χ3v) is 3.95. The lowest BCUT2D eigenvalue weighted by Crippen LogP contribution is -2.34. The molecule has 1 aromatic rings. The molecule has 1 N–H and O–H groups in total. The van der Waals surface area contributed by atoms with E-state index in [9.17, 15) is 4.79 Å². The van der Waals surface area contributed by atoms with Gasteiger partial charge >= 0.3 is 0 Å². The van der Waals surface area contributed by atoms with E-state index in [0.29, 0.717) is 16.6 Å². The molecule has 0 aromatic heterocycles. The Hall–Kier alpha value is -1.29. The summed E-state index contributed by atoms with van der Waals surface area (Å²) < 4.78 is 0. The molecule has 0 saturated carbocycles. The van der Waals surface area contributed by atoms with E-state index in [1.165, 1.54) is 6.08 Å². The number of benzene rings is 1. The van der Waals surface area contributed by atoms with E-state index in [1.807, 2.05) is 12.1 Å². The second kappa shape index (κ2) is 10.4. The van der Waals surface area contributed by atoms with Gasteiger partial charge < -0.3 is 10.2 Å². The summed E-state index contributed by atoms with van der Waals surface area (Å²) in [6.07, 6.45) is 6.87. The van der Waals surface area contributed by atoms with E-state index in [2.05, 4.69) is 24.1 Å². The van der Waals surface area contributed by atoms with Gasteiger partial charge in [0.15, 0.2) is 0 Å². The fourth-order valence-corrected chi connectivity index (χ4v) is 2.17. The van der Waals surface area contributed by atoms with E-state index in [1.54, 1.807) is 24.3 Å². The average Bonchev–Trinajstić information content (AvgIpc) is 2.51.